The first-order valence-electron chi connectivity index (χ1n) is 14.5. The first kappa shape index (κ1) is 29.6. The summed E-state index contributed by atoms with van der Waals surface area (Å²) < 4.78 is 9.29. The van der Waals surface area contributed by atoms with Crippen LogP contribution in [0.1, 0.15) is 38.0 Å². The fraction of sp³-hybridized carbons (Fsp3) is 0.353. The second-order valence-corrected chi connectivity index (χ2v) is 13.9. The molecule has 2 aromatic heterocycles. The van der Waals surface area contributed by atoms with Crippen LogP contribution in [-0.4, -0.2) is 64.4 Å². The zero-order valence-corrected chi connectivity index (χ0v) is 27.0. The third-order valence-electron chi connectivity index (χ3n) is 8.08. The number of likely N-dealkylation sites (N-methyl/N-ethyl adjacent to an activating group) is 1. The number of fused-ring (bicyclic) bond motifs is 2. The smallest absolute Gasteiger partial charge is 0.337 e. The minimum atomic E-state index is -1.15. The van der Waals surface area contributed by atoms with Crippen LogP contribution in [-0.2, 0) is 16.6 Å². The quantitative estimate of drug-likeness (QED) is 0.210. The van der Waals surface area contributed by atoms with Crippen LogP contribution in [0.4, 0.5) is 5.69 Å². The van der Waals surface area contributed by atoms with Gasteiger partial charge in [-0.25, -0.2) is 9.78 Å². The number of rotatable bonds is 6. The predicted octanol–water partition coefficient (Wildman–Crippen LogP) is 7.78. The van der Waals surface area contributed by atoms with Crippen molar-refractivity contribution in [1.29, 1.82) is 0 Å². The summed E-state index contributed by atoms with van der Waals surface area (Å²) in [5.74, 6) is -1.02. The molecular formula is C34H37ClN4O3S. The number of halogens is 1. The number of nitrogens with zero attached hydrogens (tertiary/aromatic N) is 4. The van der Waals surface area contributed by atoms with Crippen LogP contribution in [0, 0.1) is 6.92 Å². The van der Waals surface area contributed by atoms with Crippen molar-refractivity contribution in [2.24, 2.45) is 7.05 Å². The highest BCUT2D eigenvalue weighted by molar-refractivity contribution is 7.22. The molecule has 6 rings (SSSR count). The van der Waals surface area contributed by atoms with Crippen LogP contribution in [0.3, 0.4) is 0 Å². The molecule has 0 aliphatic carbocycles. The van der Waals surface area contributed by atoms with Gasteiger partial charge >= 0.3 is 5.97 Å². The second kappa shape index (κ2) is 11.2. The number of aromatic nitrogens is 2. The van der Waals surface area contributed by atoms with Crippen molar-refractivity contribution in [2.75, 3.05) is 38.1 Å². The van der Waals surface area contributed by atoms with Crippen LogP contribution < -0.4 is 4.90 Å². The van der Waals surface area contributed by atoms with Crippen LogP contribution in [0.5, 0.6) is 0 Å². The molecule has 43 heavy (non-hydrogen) atoms. The van der Waals surface area contributed by atoms with Gasteiger partial charge in [0, 0.05) is 72.0 Å². The summed E-state index contributed by atoms with van der Waals surface area (Å²) in [5.41, 5.74) is 6.81. The number of aryl methyl sites for hydroxylation is 2. The summed E-state index contributed by atoms with van der Waals surface area (Å²) in [6.45, 7) is 11.6. The van der Waals surface area contributed by atoms with Gasteiger partial charge in [-0.05, 0) is 82.3 Å². The van der Waals surface area contributed by atoms with Crippen molar-refractivity contribution >= 4 is 55.7 Å². The summed E-state index contributed by atoms with van der Waals surface area (Å²) in [7, 11) is 4.27. The number of carboxylic acid groups (broad SMARTS) is 1. The molecule has 1 saturated heterocycles. The number of anilines is 1. The van der Waals surface area contributed by atoms with Gasteiger partial charge in [0.25, 0.3) is 0 Å². The van der Waals surface area contributed by atoms with Gasteiger partial charge in [0.2, 0.25) is 0 Å². The molecule has 3 aromatic carbocycles. The maximum atomic E-state index is 12.7. The fourth-order valence-electron chi connectivity index (χ4n) is 5.97. The SMILES string of the molecule is Cc1cc2nc(-c3ccc4c(c3)c(N3CCN(C)CC3)cn4C)sc2c(-c2ccc(Cl)cc2)c1[C@H](OC(C)(C)C)C(=O)O. The monoisotopic (exact) mass is 616 g/mol. The average Bonchev–Trinajstić information content (AvgIpc) is 3.52. The zero-order valence-electron chi connectivity index (χ0n) is 25.4. The van der Waals surface area contributed by atoms with Gasteiger partial charge in [0.05, 0.1) is 21.5 Å². The Morgan fingerprint density at radius 2 is 1.70 bits per heavy atom. The number of thiazole rings is 1. The number of carbonyl (C=O) groups is 1. The Hall–Kier alpha value is -3.43. The van der Waals surface area contributed by atoms with Crippen LogP contribution in [0.15, 0.2) is 54.7 Å². The standard InChI is InChI=1S/C34H37ClN4O3S/c1-20-17-25-31(29(21-7-10-23(35)11-8-21)28(20)30(33(40)41)42-34(2,3)4)43-32(36-25)22-9-12-26-24(18-22)27(19-38(26)6)39-15-13-37(5)14-16-39/h7-12,17-19,30H,13-16H2,1-6H3,(H,40,41)/t30-/m0/s1. The Labute approximate surface area is 261 Å². The third kappa shape index (κ3) is 5.77. The molecule has 9 heteroatoms. The fourth-order valence-corrected chi connectivity index (χ4v) is 7.21. The van der Waals surface area contributed by atoms with Gasteiger partial charge in [-0.2, -0.15) is 0 Å². The Kier molecular flexibility index (Phi) is 7.75. The molecule has 1 atom stereocenters. The van der Waals surface area contributed by atoms with Crippen molar-refractivity contribution in [2.45, 2.75) is 39.4 Å². The number of aliphatic carboxylic acids is 1. The van der Waals surface area contributed by atoms with E-state index in [1.54, 1.807) is 11.3 Å². The number of ether oxygens (including phenoxy) is 1. The molecule has 0 bridgehead atoms. The van der Waals surface area contributed by atoms with Crippen molar-refractivity contribution in [3.8, 4) is 21.7 Å². The lowest BCUT2D eigenvalue weighted by Gasteiger charge is -2.33. The number of benzene rings is 3. The van der Waals surface area contributed by atoms with E-state index in [9.17, 15) is 9.90 Å². The largest absolute Gasteiger partial charge is 0.479 e. The first-order chi connectivity index (χ1) is 20.4. The minimum Gasteiger partial charge on any atom is -0.479 e. The van der Waals surface area contributed by atoms with E-state index < -0.39 is 17.7 Å². The highest BCUT2D eigenvalue weighted by Crippen LogP contribution is 2.45. The lowest BCUT2D eigenvalue weighted by molar-refractivity contribution is -0.160. The van der Waals surface area contributed by atoms with Gasteiger partial charge in [-0.15, -0.1) is 11.3 Å². The Morgan fingerprint density at radius 1 is 1.02 bits per heavy atom. The molecule has 0 spiro atoms. The molecule has 1 fully saturated rings. The first-order valence-corrected chi connectivity index (χ1v) is 15.7. The Balaban J connectivity index is 1.53. The summed E-state index contributed by atoms with van der Waals surface area (Å²) in [6, 6.07) is 16.1. The molecule has 5 aromatic rings. The normalized spacial score (nSPS) is 15.5. The second-order valence-electron chi connectivity index (χ2n) is 12.5. The summed E-state index contributed by atoms with van der Waals surface area (Å²) >= 11 is 7.85. The maximum absolute atomic E-state index is 12.7. The maximum Gasteiger partial charge on any atom is 0.337 e. The van der Waals surface area contributed by atoms with Gasteiger partial charge < -0.3 is 24.2 Å². The number of hydrogen-bond donors (Lipinski definition) is 1. The van der Waals surface area contributed by atoms with Gasteiger partial charge in [0.15, 0.2) is 6.10 Å². The van der Waals surface area contributed by atoms with E-state index in [-0.39, 0.29) is 0 Å². The molecule has 7 nitrogen and oxygen atoms in total. The van der Waals surface area contributed by atoms with Crippen molar-refractivity contribution in [1.82, 2.24) is 14.5 Å². The minimum absolute atomic E-state index is 0.618. The zero-order chi connectivity index (χ0) is 30.6. The molecule has 0 amide bonds. The molecule has 1 aliphatic rings. The lowest BCUT2D eigenvalue weighted by atomic mass is 9.91. The van der Waals surface area contributed by atoms with E-state index in [2.05, 4.69) is 52.9 Å². The van der Waals surface area contributed by atoms with Crippen molar-refractivity contribution < 1.29 is 14.6 Å². The molecule has 3 heterocycles. The van der Waals surface area contributed by atoms with E-state index in [1.165, 1.54) is 16.6 Å². The van der Waals surface area contributed by atoms with Crippen LogP contribution in [0.2, 0.25) is 5.02 Å². The third-order valence-corrected chi connectivity index (χ3v) is 9.47. The molecule has 0 radical (unpaired) electrons. The molecule has 1 aliphatic heterocycles. The summed E-state index contributed by atoms with van der Waals surface area (Å²) in [4.78, 5) is 22.6. The van der Waals surface area contributed by atoms with Gasteiger partial charge in [0.1, 0.15) is 5.01 Å². The number of hydrogen-bond acceptors (Lipinski definition) is 6. The average molecular weight is 617 g/mol. The summed E-state index contributed by atoms with van der Waals surface area (Å²) in [5, 5.41) is 13.1. The number of piperazine rings is 1. The highest BCUT2D eigenvalue weighted by Gasteiger charge is 2.32. The molecule has 0 unspecified atom stereocenters. The number of carboxylic acids is 1. The van der Waals surface area contributed by atoms with Gasteiger partial charge in [-0.3, -0.25) is 0 Å². The van der Waals surface area contributed by atoms with E-state index in [0.29, 0.717) is 10.6 Å². The highest BCUT2D eigenvalue weighted by atomic mass is 35.5. The lowest BCUT2D eigenvalue weighted by Crippen LogP contribution is -2.44. The van der Waals surface area contributed by atoms with Gasteiger partial charge in [-0.1, -0.05) is 23.7 Å². The van der Waals surface area contributed by atoms with E-state index >= 15 is 0 Å². The van der Waals surface area contributed by atoms with Crippen molar-refractivity contribution in [3.05, 3.63) is 70.9 Å². The summed E-state index contributed by atoms with van der Waals surface area (Å²) in [6.07, 6.45) is 1.08. The molecule has 1 N–H and O–H groups in total. The molecular weight excluding hydrogens is 580 g/mol. The predicted molar refractivity (Wildman–Crippen MR) is 178 cm³/mol. The van der Waals surface area contributed by atoms with E-state index in [4.69, 9.17) is 21.3 Å². The van der Waals surface area contributed by atoms with Crippen LogP contribution >= 0.6 is 22.9 Å². The Bertz CT molecular complexity index is 1830. The molecule has 224 valence electrons. The topological polar surface area (TPSA) is 70.8 Å². The van der Waals surface area contributed by atoms with E-state index in [0.717, 1.165) is 63.7 Å². The Morgan fingerprint density at radius 3 is 2.35 bits per heavy atom. The van der Waals surface area contributed by atoms with Crippen LogP contribution in [0.25, 0.3) is 42.8 Å². The van der Waals surface area contributed by atoms with E-state index in [1.807, 2.05) is 58.0 Å². The van der Waals surface area contributed by atoms with Crippen molar-refractivity contribution in [3.63, 3.8) is 0 Å². The molecule has 0 saturated carbocycles.